The Morgan fingerprint density at radius 2 is 2.27 bits per heavy atom. The van der Waals surface area contributed by atoms with Crippen molar-refractivity contribution >= 4 is 0 Å². The van der Waals surface area contributed by atoms with Crippen LogP contribution in [0, 0.1) is 5.41 Å². The van der Waals surface area contributed by atoms with Gasteiger partial charge in [0.2, 0.25) is 0 Å². The van der Waals surface area contributed by atoms with Crippen molar-refractivity contribution in [2.24, 2.45) is 11.1 Å². The summed E-state index contributed by atoms with van der Waals surface area (Å²) in [6.07, 6.45) is 4.62. The Morgan fingerprint density at radius 1 is 1.53 bits per heavy atom. The molecule has 0 aliphatic rings. The molecular weight excluding hydrogens is 190 g/mol. The maximum atomic E-state index is 5.64. The predicted molar refractivity (Wildman–Crippen MR) is 60.8 cm³/mol. The summed E-state index contributed by atoms with van der Waals surface area (Å²) in [5, 5.41) is 4.14. The fraction of sp³-hybridized carbons (Fsp3) is 0.727. The first-order chi connectivity index (χ1) is 7.07. The van der Waals surface area contributed by atoms with Crippen LogP contribution in [0.3, 0.4) is 0 Å². The van der Waals surface area contributed by atoms with Crippen molar-refractivity contribution in [3.05, 3.63) is 12.4 Å². The van der Waals surface area contributed by atoms with Gasteiger partial charge in [0.25, 0.3) is 0 Å². The van der Waals surface area contributed by atoms with Crippen molar-refractivity contribution < 1.29 is 4.74 Å². The van der Waals surface area contributed by atoms with E-state index in [0.29, 0.717) is 13.2 Å². The molecule has 15 heavy (non-hydrogen) atoms. The molecule has 0 unspecified atom stereocenters. The van der Waals surface area contributed by atoms with Crippen LogP contribution < -0.4 is 10.5 Å². The molecule has 1 heterocycles. The molecule has 0 bridgehead atoms. The van der Waals surface area contributed by atoms with Crippen molar-refractivity contribution in [2.45, 2.75) is 33.7 Å². The van der Waals surface area contributed by atoms with Crippen LogP contribution >= 0.6 is 0 Å². The van der Waals surface area contributed by atoms with Gasteiger partial charge in [-0.25, -0.2) is 0 Å². The number of hydrogen-bond acceptors (Lipinski definition) is 3. The fourth-order valence-electron chi connectivity index (χ4n) is 1.14. The van der Waals surface area contributed by atoms with Gasteiger partial charge in [-0.05, 0) is 25.3 Å². The molecule has 0 amide bonds. The van der Waals surface area contributed by atoms with Gasteiger partial charge in [0.15, 0.2) is 5.75 Å². The minimum Gasteiger partial charge on any atom is -0.490 e. The van der Waals surface area contributed by atoms with Crippen LogP contribution in [0.4, 0.5) is 0 Å². The molecule has 0 aromatic carbocycles. The summed E-state index contributed by atoms with van der Waals surface area (Å²) in [5.41, 5.74) is 5.79. The van der Waals surface area contributed by atoms with E-state index < -0.39 is 0 Å². The molecule has 0 spiro atoms. The molecule has 1 aromatic heterocycles. The summed E-state index contributed by atoms with van der Waals surface area (Å²) in [7, 11) is 0. The molecule has 1 aromatic rings. The Morgan fingerprint density at radius 3 is 2.80 bits per heavy atom. The highest BCUT2D eigenvalue weighted by Crippen LogP contribution is 2.18. The molecule has 2 N–H and O–H groups in total. The maximum absolute atomic E-state index is 5.64. The molecule has 0 radical (unpaired) electrons. The average molecular weight is 211 g/mol. The second kappa shape index (κ2) is 5.16. The van der Waals surface area contributed by atoms with E-state index in [4.69, 9.17) is 10.5 Å². The summed E-state index contributed by atoms with van der Waals surface area (Å²) < 4.78 is 7.44. The SMILES string of the molecule is CCn1cc(OCCC(C)(C)CN)cn1. The van der Waals surface area contributed by atoms with Crippen LogP contribution in [-0.2, 0) is 6.54 Å². The zero-order valence-electron chi connectivity index (χ0n) is 9.86. The van der Waals surface area contributed by atoms with E-state index in [2.05, 4.69) is 18.9 Å². The van der Waals surface area contributed by atoms with Gasteiger partial charge in [0.05, 0.1) is 19.0 Å². The number of aromatic nitrogens is 2. The number of rotatable bonds is 6. The Hall–Kier alpha value is -1.03. The Kier molecular flexibility index (Phi) is 4.15. The first-order valence-corrected chi connectivity index (χ1v) is 5.43. The van der Waals surface area contributed by atoms with E-state index in [1.54, 1.807) is 6.20 Å². The molecule has 0 aliphatic heterocycles. The van der Waals surface area contributed by atoms with Crippen molar-refractivity contribution in [3.8, 4) is 5.75 Å². The van der Waals surface area contributed by atoms with Crippen LogP contribution in [0.1, 0.15) is 27.2 Å². The van der Waals surface area contributed by atoms with Crippen LogP contribution in [0.5, 0.6) is 5.75 Å². The summed E-state index contributed by atoms with van der Waals surface area (Å²) in [6.45, 7) is 8.59. The van der Waals surface area contributed by atoms with E-state index in [1.807, 2.05) is 17.8 Å². The molecule has 4 heteroatoms. The highest BCUT2D eigenvalue weighted by atomic mass is 16.5. The number of nitrogens with two attached hydrogens (primary N) is 1. The van der Waals surface area contributed by atoms with E-state index in [9.17, 15) is 0 Å². The zero-order valence-corrected chi connectivity index (χ0v) is 9.86. The first-order valence-electron chi connectivity index (χ1n) is 5.43. The largest absolute Gasteiger partial charge is 0.490 e. The normalized spacial score (nSPS) is 11.7. The zero-order chi connectivity index (χ0) is 11.3. The smallest absolute Gasteiger partial charge is 0.157 e. The topological polar surface area (TPSA) is 53.1 Å². The molecule has 0 aliphatic carbocycles. The van der Waals surface area contributed by atoms with Gasteiger partial charge in [-0.15, -0.1) is 0 Å². The summed E-state index contributed by atoms with van der Waals surface area (Å²) in [6, 6.07) is 0. The standard InChI is InChI=1S/C11H21N3O/c1-4-14-8-10(7-13-14)15-6-5-11(2,3)9-12/h7-8H,4-6,9,12H2,1-3H3. The third-order valence-corrected chi connectivity index (χ3v) is 2.53. The number of nitrogens with zero attached hydrogens (tertiary/aromatic N) is 2. The Bertz CT molecular complexity index is 294. The molecule has 1 rings (SSSR count). The molecule has 0 saturated heterocycles. The van der Waals surface area contributed by atoms with Crippen LogP contribution in [-0.4, -0.2) is 22.9 Å². The third-order valence-electron chi connectivity index (χ3n) is 2.53. The van der Waals surface area contributed by atoms with E-state index in [0.717, 1.165) is 18.7 Å². The summed E-state index contributed by atoms with van der Waals surface area (Å²) >= 11 is 0. The first kappa shape index (κ1) is 12.0. The Balaban J connectivity index is 2.31. The lowest BCUT2D eigenvalue weighted by molar-refractivity contribution is 0.233. The monoisotopic (exact) mass is 211 g/mol. The molecular formula is C11H21N3O. The second-order valence-electron chi connectivity index (χ2n) is 4.50. The molecule has 0 atom stereocenters. The Labute approximate surface area is 91.4 Å². The van der Waals surface area contributed by atoms with Gasteiger partial charge in [-0.3, -0.25) is 4.68 Å². The van der Waals surface area contributed by atoms with E-state index in [-0.39, 0.29) is 5.41 Å². The van der Waals surface area contributed by atoms with Gasteiger partial charge in [-0.1, -0.05) is 13.8 Å². The molecule has 4 nitrogen and oxygen atoms in total. The fourth-order valence-corrected chi connectivity index (χ4v) is 1.14. The van der Waals surface area contributed by atoms with E-state index >= 15 is 0 Å². The van der Waals surface area contributed by atoms with Crippen LogP contribution in [0.25, 0.3) is 0 Å². The second-order valence-corrected chi connectivity index (χ2v) is 4.50. The molecule has 0 fully saturated rings. The lowest BCUT2D eigenvalue weighted by Gasteiger charge is -2.21. The van der Waals surface area contributed by atoms with Gasteiger partial charge in [0.1, 0.15) is 0 Å². The van der Waals surface area contributed by atoms with Gasteiger partial charge < -0.3 is 10.5 Å². The minimum atomic E-state index is 0.154. The quantitative estimate of drug-likeness (QED) is 0.778. The van der Waals surface area contributed by atoms with Crippen molar-refractivity contribution in [1.82, 2.24) is 9.78 Å². The van der Waals surface area contributed by atoms with Crippen molar-refractivity contribution in [2.75, 3.05) is 13.2 Å². The summed E-state index contributed by atoms with van der Waals surface area (Å²) in [5.74, 6) is 0.838. The predicted octanol–water partition coefficient (Wildman–Crippen LogP) is 1.66. The number of aryl methyl sites for hydroxylation is 1. The van der Waals surface area contributed by atoms with Gasteiger partial charge in [0, 0.05) is 6.54 Å². The highest BCUT2D eigenvalue weighted by molar-refractivity contribution is 5.11. The van der Waals surface area contributed by atoms with Crippen molar-refractivity contribution in [1.29, 1.82) is 0 Å². The summed E-state index contributed by atoms with van der Waals surface area (Å²) in [4.78, 5) is 0. The van der Waals surface area contributed by atoms with Crippen LogP contribution in [0.2, 0.25) is 0 Å². The third kappa shape index (κ3) is 3.91. The number of hydrogen-bond donors (Lipinski definition) is 1. The van der Waals surface area contributed by atoms with Crippen molar-refractivity contribution in [3.63, 3.8) is 0 Å². The highest BCUT2D eigenvalue weighted by Gasteiger charge is 2.15. The maximum Gasteiger partial charge on any atom is 0.157 e. The molecule has 0 saturated carbocycles. The lowest BCUT2D eigenvalue weighted by Crippen LogP contribution is -2.25. The van der Waals surface area contributed by atoms with Crippen LogP contribution in [0.15, 0.2) is 12.4 Å². The van der Waals surface area contributed by atoms with Gasteiger partial charge in [-0.2, -0.15) is 5.10 Å². The lowest BCUT2D eigenvalue weighted by atomic mass is 9.90. The van der Waals surface area contributed by atoms with E-state index in [1.165, 1.54) is 0 Å². The molecule has 86 valence electrons. The minimum absolute atomic E-state index is 0.154. The average Bonchev–Trinajstić information content (AvgIpc) is 2.66. The van der Waals surface area contributed by atoms with Gasteiger partial charge >= 0.3 is 0 Å². The number of ether oxygens (including phenoxy) is 1.